The molecule has 0 aliphatic carbocycles. The Bertz CT molecular complexity index is 725. The number of Topliss-reactive ketones (excluding diaryl/α,β-unsaturated/α-hetero) is 1. The smallest absolute Gasteiger partial charge is 0.229 e. The van der Waals surface area contributed by atoms with Crippen LogP contribution in [0.4, 0.5) is 11.4 Å². The summed E-state index contributed by atoms with van der Waals surface area (Å²) in [4.78, 5) is 16.4. The standard InChI is InChI=1S/C15H11N3O2/c19-13-12-15(18-11-4-2-1-3-10(11)17-12)20-14(13)9-5-7-16-8-6-9/h1-8,14,17-18H/t14-/m1/s1. The molecule has 2 aliphatic heterocycles. The molecule has 2 aromatic rings. The Hall–Kier alpha value is -2.82. The minimum atomic E-state index is -0.614. The van der Waals surface area contributed by atoms with E-state index in [4.69, 9.17) is 4.74 Å². The topological polar surface area (TPSA) is 63.2 Å². The highest BCUT2D eigenvalue weighted by Crippen LogP contribution is 2.39. The molecule has 1 atom stereocenters. The van der Waals surface area contributed by atoms with E-state index < -0.39 is 6.10 Å². The molecule has 0 amide bonds. The Kier molecular flexibility index (Phi) is 2.26. The van der Waals surface area contributed by atoms with Gasteiger partial charge in [-0.05, 0) is 24.3 Å². The maximum Gasteiger partial charge on any atom is 0.229 e. The first-order chi connectivity index (χ1) is 9.83. The third-order valence-corrected chi connectivity index (χ3v) is 3.39. The SMILES string of the molecule is O=C1C2=C(Nc3ccccc3N2)O[C@@H]1c1ccncc1. The van der Waals surface area contributed by atoms with Crippen molar-refractivity contribution in [1.29, 1.82) is 0 Å². The molecule has 1 aromatic heterocycles. The zero-order chi connectivity index (χ0) is 13.5. The number of ketones is 1. The lowest BCUT2D eigenvalue weighted by atomic mass is 10.1. The molecule has 0 fully saturated rings. The maximum absolute atomic E-state index is 12.4. The normalized spacial score (nSPS) is 19.6. The van der Waals surface area contributed by atoms with Gasteiger partial charge in [-0.3, -0.25) is 9.78 Å². The number of carbonyl (C=O) groups excluding carboxylic acids is 1. The highest BCUT2D eigenvalue weighted by atomic mass is 16.5. The molecule has 5 heteroatoms. The second kappa shape index (κ2) is 4.09. The van der Waals surface area contributed by atoms with Gasteiger partial charge < -0.3 is 15.4 Å². The van der Waals surface area contributed by atoms with Gasteiger partial charge >= 0.3 is 0 Å². The van der Waals surface area contributed by atoms with E-state index in [-0.39, 0.29) is 5.78 Å². The number of nitrogens with zero attached hydrogens (tertiary/aromatic N) is 1. The number of rotatable bonds is 1. The van der Waals surface area contributed by atoms with Crippen LogP contribution in [0.25, 0.3) is 0 Å². The van der Waals surface area contributed by atoms with Crippen LogP contribution in [0.3, 0.4) is 0 Å². The van der Waals surface area contributed by atoms with Crippen molar-refractivity contribution in [3.05, 3.63) is 65.9 Å². The second-order valence-electron chi connectivity index (χ2n) is 4.64. The van der Waals surface area contributed by atoms with Crippen molar-refractivity contribution < 1.29 is 9.53 Å². The van der Waals surface area contributed by atoms with Crippen molar-refractivity contribution in [2.24, 2.45) is 0 Å². The number of nitrogens with one attached hydrogen (secondary N) is 2. The van der Waals surface area contributed by atoms with Crippen LogP contribution in [0, 0.1) is 0 Å². The van der Waals surface area contributed by atoms with E-state index in [1.165, 1.54) is 0 Å². The van der Waals surface area contributed by atoms with Crippen LogP contribution in [-0.2, 0) is 9.53 Å². The lowest BCUT2D eigenvalue weighted by Gasteiger charge is -2.19. The maximum atomic E-state index is 12.4. The fourth-order valence-corrected chi connectivity index (χ4v) is 2.40. The van der Waals surface area contributed by atoms with Gasteiger partial charge in [0.15, 0.2) is 6.10 Å². The molecule has 0 saturated heterocycles. The predicted octanol–water partition coefficient (Wildman–Crippen LogP) is 2.43. The summed E-state index contributed by atoms with van der Waals surface area (Å²) in [5, 5.41) is 6.28. The van der Waals surface area contributed by atoms with E-state index in [0.29, 0.717) is 11.6 Å². The molecule has 2 aliphatic rings. The average molecular weight is 265 g/mol. The minimum absolute atomic E-state index is 0.0757. The highest BCUT2D eigenvalue weighted by Gasteiger charge is 2.38. The van der Waals surface area contributed by atoms with Crippen molar-refractivity contribution in [3.8, 4) is 0 Å². The van der Waals surface area contributed by atoms with E-state index in [0.717, 1.165) is 16.9 Å². The first kappa shape index (κ1) is 11.0. The number of anilines is 2. The van der Waals surface area contributed by atoms with Crippen LogP contribution in [-0.4, -0.2) is 10.8 Å². The van der Waals surface area contributed by atoms with Gasteiger partial charge in [-0.2, -0.15) is 0 Å². The molecule has 0 spiro atoms. The van der Waals surface area contributed by atoms with Gasteiger partial charge in [0.25, 0.3) is 0 Å². The molecule has 98 valence electrons. The van der Waals surface area contributed by atoms with Crippen molar-refractivity contribution in [1.82, 2.24) is 4.98 Å². The number of ether oxygens (including phenoxy) is 1. The predicted molar refractivity (Wildman–Crippen MR) is 73.8 cm³/mol. The largest absolute Gasteiger partial charge is 0.461 e. The molecular formula is C15H11N3O2. The summed E-state index contributed by atoms with van der Waals surface area (Å²) in [5.74, 6) is 0.406. The zero-order valence-electron chi connectivity index (χ0n) is 10.5. The van der Waals surface area contributed by atoms with E-state index in [2.05, 4.69) is 15.6 Å². The Balaban J connectivity index is 1.68. The second-order valence-corrected chi connectivity index (χ2v) is 4.64. The number of para-hydroxylation sites is 2. The summed E-state index contributed by atoms with van der Waals surface area (Å²) in [6.45, 7) is 0. The van der Waals surface area contributed by atoms with Gasteiger partial charge in [0.2, 0.25) is 11.7 Å². The van der Waals surface area contributed by atoms with Gasteiger partial charge in [-0.1, -0.05) is 12.1 Å². The quantitative estimate of drug-likeness (QED) is 0.829. The Labute approximate surface area is 115 Å². The first-order valence-electron chi connectivity index (χ1n) is 6.31. The van der Waals surface area contributed by atoms with Crippen LogP contribution in [0.5, 0.6) is 0 Å². The lowest BCUT2D eigenvalue weighted by molar-refractivity contribution is -0.121. The van der Waals surface area contributed by atoms with Gasteiger partial charge in [-0.15, -0.1) is 0 Å². The molecule has 0 bridgehead atoms. The summed E-state index contributed by atoms with van der Waals surface area (Å²) in [5.41, 5.74) is 3.05. The van der Waals surface area contributed by atoms with Crippen LogP contribution < -0.4 is 10.6 Å². The van der Waals surface area contributed by atoms with Crippen molar-refractivity contribution in [3.63, 3.8) is 0 Å². The minimum Gasteiger partial charge on any atom is -0.461 e. The van der Waals surface area contributed by atoms with Crippen LogP contribution in [0.2, 0.25) is 0 Å². The monoisotopic (exact) mass is 265 g/mol. The number of hydrogen-bond acceptors (Lipinski definition) is 5. The molecule has 0 radical (unpaired) electrons. The summed E-state index contributed by atoms with van der Waals surface area (Å²) < 4.78 is 5.75. The lowest BCUT2D eigenvalue weighted by Crippen LogP contribution is -2.17. The molecule has 20 heavy (non-hydrogen) atoms. The Morgan fingerprint density at radius 2 is 1.70 bits per heavy atom. The van der Waals surface area contributed by atoms with Gasteiger partial charge in [0.1, 0.15) is 5.70 Å². The molecule has 3 heterocycles. The number of hydrogen-bond donors (Lipinski definition) is 2. The third-order valence-electron chi connectivity index (χ3n) is 3.39. The number of carbonyl (C=O) groups is 1. The van der Waals surface area contributed by atoms with E-state index >= 15 is 0 Å². The summed E-state index contributed by atoms with van der Waals surface area (Å²) in [6.07, 6.45) is 2.69. The first-order valence-corrected chi connectivity index (χ1v) is 6.31. The van der Waals surface area contributed by atoms with Crippen LogP contribution >= 0.6 is 0 Å². The number of benzene rings is 1. The third kappa shape index (κ3) is 1.56. The number of fused-ring (bicyclic) bond motifs is 1. The van der Waals surface area contributed by atoms with E-state index in [9.17, 15) is 4.79 Å². The Morgan fingerprint density at radius 1 is 1.00 bits per heavy atom. The molecule has 4 rings (SSSR count). The molecule has 5 nitrogen and oxygen atoms in total. The van der Waals surface area contributed by atoms with Gasteiger partial charge in [0.05, 0.1) is 11.4 Å². The number of pyridine rings is 1. The number of aromatic nitrogens is 1. The fourth-order valence-electron chi connectivity index (χ4n) is 2.40. The van der Waals surface area contributed by atoms with Crippen LogP contribution in [0.15, 0.2) is 60.4 Å². The van der Waals surface area contributed by atoms with Gasteiger partial charge in [-0.25, -0.2) is 0 Å². The Morgan fingerprint density at radius 3 is 2.45 bits per heavy atom. The molecule has 1 aromatic carbocycles. The van der Waals surface area contributed by atoms with E-state index in [1.807, 2.05) is 24.3 Å². The molecule has 0 saturated carbocycles. The van der Waals surface area contributed by atoms with Crippen molar-refractivity contribution in [2.75, 3.05) is 10.6 Å². The van der Waals surface area contributed by atoms with E-state index in [1.54, 1.807) is 24.5 Å². The fraction of sp³-hybridized carbons (Fsp3) is 0.0667. The molecular weight excluding hydrogens is 254 g/mol. The van der Waals surface area contributed by atoms with Gasteiger partial charge in [0, 0.05) is 18.0 Å². The summed E-state index contributed by atoms with van der Waals surface area (Å²) in [7, 11) is 0. The average Bonchev–Trinajstić information content (AvgIpc) is 2.83. The summed E-state index contributed by atoms with van der Waals surface area (Å²) in [6, 6.07) is 11.3. The molecule has 2 N–H and O–H groups in total. The highest BCUT2D eigenvalue weighted by molar-refractivity contribution is 6.06. The molecule has 0 unspecified atom stereocenters. The van der Waals surface area contributed by atoms with Crippen LogP contribution in [0.1, 0.15) is 11.7 Å². The van der Waals surface area contributed by atoms with Crippen molar-refractivity contribution in [2.45, 2.75) is 6.10 Å². The zero-order valence-corrected chi connectivity index (χ0v) is 10.5. The summed E-state index contributed by atoms with van der Waals surface area (Å²) >= 11 is 0. The van der Waals surface area contributed by atoms with Crippen molar-refractivity contribution >= 4 is 17.2 Å².